The third kappa shape index (κ3) is 4.99. The number of aromatic nitrogens is 2. The van der Waals surface area contributed by atoms with Gasteiger partial charge in [-0.25, -0.2) is 0 Å². The molecule has 0 aliphatic carbocycles. The van der Waals surface area contributed by atoms with Crippen LogP contribution in [-0.4, -0.2) is 65.6 Å². The number of rotatable bonds is 5. The van der Waals surface area contributed by atoms with Gasteiger partial charge in [0.1, 0.15) is 0 Å². The number of pyridine rings is 2. The molecule has 2 aromatic rings. The highest BCUT2D eigenvalue weighted by molar-refractivity contribution is 6.04. The minimum atomic E-state index is -0.162. The Balaban J connectivity index is 1.58. The number of nitrogens with zero attached hydrogens (tertiary/aromatic N) is 4. The zero-order valence-corrected chi connectivity index (χ0v) is 19.3. The number of hydrogen-bond donors (Lipinski definition) is 1. The van der Waals surface area contributed by atoms with E-state index in [9.17, 15) is 4.79 Å². The Morgan fingerprint density at radius 3 is 2.72 bits per heavy atom. The third-order valence-corrected chi connectivity index (χ3v) is 5.80. The largest absolute Gasteiger partial charge is 0.378 e. The molecule has 1 fully saturated rings. The Hall–Kier alpha value is -3.19. The van der Waals surface area contributed by atoms with Gasteiger partial charge in [-0.05, 0) is 37.1 Å². The summed E-state index contributed by atoms with van der Waals surface area (Å²) in [6, 6.07) is 5.58. The summed E-state index contributed by atoms with van der Waals surface area (Å²) in [4.78, 5) is 26.3. The Kier molecular flexibility index (Phi) is 6.55. The molecule has 2 aliphatic rings. The van der Waals surface area contributed by atoms with Crippen LogP contribution in [-0.2, 0) is 4.74 Å². The Morgan fingerprint density at radius 2 is 1.97 bits per heavy atom. The lowest BCUT2D eigenvalue weighted by Crippen LogP contribution is -2.39. The maximum absolute atomic E-state index is 12.9. The normalized spacial score (nSPS) is 16.7. The summed E-state index contributed by atoms with van der Waals surface area (Å²) < 4.78 is 5.51. The van der Waals surface area contributed by atoms with Crippen molar-refractivity contribution < 1.29 is 9.53 Å². The molecule has 32 heavy (non-hydrogen) atoms. The maximum atomic E-state index is 12.9. The van der Waals surface area contributed by atoms with Crippen LogP contribution in [0.25, 0.3) is 5.57 Å². The smallest absolute Gasteiger partial charge is 0.255 e. The molecule has 2 aromatic heterocycles. The van der Waals surface area contributed by atoms with E-state index in [1.54, 1.807) is 18.5 Å². The second kappa shape index (κ2) is 9.53. The van der Waals surface area contributed by atoms with Gasteiger partial charge in [0.15, 0.2) is 0 Å². The summed E-state index contributed by atoms with van der Waals surface area (Å²) in [6.07, 6.45) is 7.76. The summed E-state index contributed by atoms with van der Waals surface area (Å²) >= 11 is 0. The van der Waals surface area contributed by atoms with Crippen molar-refractivity contribution in [2.75, 3.05) is 45.2 Å². The van der Waals surface area contributed by atoms with Crippen molar-refractivity contribution in [3.8, 4) is 0 Å². The summed E-state index contributed by atoms with van der Waals surface area (Å²) in [6.45, 7) is 10.3. The quantitative estimate of drug-likeness (QED) is 0.776. The third-order valence-electron chi connectivity index (χ3n) is 5.80. The highest BCUT2D eigenvalue weighted by Gasteiger charge is 2.20. The van der Waals surface area contributed by atoms with Crippen LogP contribution in [0.3, 0.4) is 0 Å². The Morgan fingerprint density at radius 1 is 1.19 bits per heavy atom. The molecule has 0 bridgehead atoms. The van der Waals surface area contributed by atoms with Gasteiger partial charge in [0.05, 0.1) is 31.6 Å². The zero-order valence-electron chi connectivity index (χ0n) is 19.3. The van der Waals surface area contributed by atoms with E-state index in [0.717, 1.165) is 55.4 Å². The molecule has 0 radical (unpaired) electrons. The van der Waals surface area contributed by atoms with Gasteiger partial charge in [-0.15, -0.1) is 0 Å². The Bertz CT molecular complexity index is 1050. The van der Waals surface area contributed by atoms with Crippen LogP contribution in [0, 0.1) is 6.92 Å². The maximum Gasteiger partial charge on any atom is 0.255 e. The predicted octanol–water partition coefficient (Wildman–Crippen LogP) is 3.66. The van der Waals surface area contributed by atoms with Gasteiger partial charge in [0.25, 0.3) is 5.91 Å². The first-order valence-electron chi connectivity index (χ1n) is 11.1. The van der Waals surface area contributed by atoms with Gasteiger partial charge in [-0.2, -0.15) is 0 Å². The van der Waals surface area contributed by atoms with Crippen molar-refractivity contribution >= 4 is 17.2 Å². The molecule has 4 heterocycles. The van der Waals surface area contributed by atoms with Crippen LogP contribution in [0.2, 0.25) is 0 Å². The molecule has 1 N–H and O–H groups in total. The lowest BCUT2D eigenvalue weighted by Gasteiger charge is -2.35. The minimum absolute atomic E-state index is 0.162. The molecule has 168 valence electrons. The number of anilines is 1. The first-order valence-corrected chi connectivity index (χ1v) is 11.1. The molecule has 0 atom stereocenters. The van der Waals surface area contributed by atoms with Gasteiger partial charge >= 0.3 is 0 Å². The zero-order chi connectivity index (χ0) is 22.7. The first-order chi connectivity index (χ1) is 15.4. The summed E-state index contributed by atoms with van der Waals surface area (Å²) in [5.41, 5.74) is 6.47. The molecule has 7 heteroatoms. The van der Waals surface area contributed by atoms with Crippen LogP contribution in [0.5, 0.6) is 0 Å². The molecule has 7 nitrogen and oxygen atoms in total. The van der Waals surface area contributed by atoms with E-state index in [0.29, 0.717) is 11.3 Å². The van der Waals surface area contributed by atoms with Crippen molar-refractivity contribution in [1.82, 2.24) is 19.8 Å². The summed E-state index contributed by atoms with van der Waals surface area (Å²) in [5.74, 6) is 0.100. The fourth-order valence-corrected chi connectivity index (χ4v) is 3.99. The van der Waals surface area contributed by atoms with Crippen molar-refractivity contribution in [2.24, 2.45) is 0 Å². The van der Waals surface area contributed by atoms with Crippen LogP contribution < -0.4 is 5.32 Å². The second-order valence-electron chi connectivity index (χ2n) is 8.67. The van der Waals surface area contributed by atoms with E-state index in [1.165, 1.54) is 5.70 Å². The van der Waals surface area contributed by atoms with Crippen LogP contribution in [0.1, 0.15) is 47.1 Å². The van der Waals surface area contributed by atoms with E-state index in [2.05, 4.69) is 58.3 Å². The standard InChI is InChI=1S/C25H31N5O2/c1-17(2)24-12-19(5-6-26-24)25(31)28-21-13-23(18(3)27-14-21)20-11-22(16-29(4)15-20)30-7-9-32-10-8-30/h5-6,11-15,17H,7-10,16H2,1-4H3,(H,28,31). The lowest BCUT2D eigenvalue weighted by atomic mass is 10.0. The molecular weight excluding hydrogens is 402 g/mol. The molecular formula is C25H31N5O2. The number of morpholine rings is 1. The van der Waals surface area contributed by atoms with Crippen LogP contribution in [0.15, 0.2) is 48.6 Å². The number of allylic oxidation sites excluding steroid dienone is 2. The average Bonchev–Trinajstić information content (AvgIpc) is 2.80. The van der Waals surface area contributed by atoms with Gasteiger partial charge in [-0.1, -0.05) is 13.8 Å². The SMILES string of the molecule is Cc1ncc(NC(=O)c2ccnc(C(C)C)c2)cc1C1=CN(C)CC(N2CCOCC2)=C1. The number of ether oxygens (including phenoxy) is 1. The lowest BCUT2D eigenvalue weighted by molar-refractivity contribution is 0.0510. The van der Waals surface area contributed by atoms with E-state index in [1.807, 2.05) is 19.1 Å². The fraction of sp³-hybridized carbons (Fsp3) is 0.400. The molecule has 2 aliphatic heterocycles. The van der Waals surface area contributed by atoms with Crippen molar-refractivity contribution in [1.29, 1.82) is 0 Å². The molecule has 4 rings (SSSR count). The highest BCUT2D eigenvalue weighted by atomic mass is 16.5. The number of carbonyl (C=O) groups excluding carboxylic acids is 1. The van der Waals surface area contributed by atoms with E-state index >= 15 is 0 Å². The molecule has 0 spiro atoms. The predicted molar refractivity (Wildman–Crippen MR) is 126 cm³/mol. The van der Waals surface area contributed by atoms with Gasteiger partial charge in [0, 0.05) is 66.3 Å². The number of aryl methyl sites for hydroxylation is 1. The number of carbonyl (C=O) groups is 1. The van der Waals surface area contributed by atoms with E-state index in [-0.39, 0.29) is 11.8 Å². The molecule has 1 saturated heterocycles. The molecule has 0 unspecified atom stereocenters. The number of amides is 1. The van der Waals surface area contributed by atoms with Gasteiger partial charge < -0.3 is 19.9 Å². The number of nitrogens with one attached hydrogen (secondary N) is 1. The first kappa shape index (κ1) is 22.0. The van der Waals surface area contributed by atoms with Gasteiger partial charge in [0.2, 0.25) is 0 Å². The highest BCUT2D eigenvalue weighted by Crippen LogP contribution is 2.28. The van der Waals surface area contributed by atoms with Gasteiger partial charge in [-0.3, -0.25) is 14.8 Å². The molecule has 0 aromatic carbocycles. The number of likely N-dealkylation sites (N-methyl/N-ethyl adjacent to an activating group) is 1. The van der Waals surface area contributed by atoms with E-state index in [4.69, 9.17) is 4.74 Å². The molecule has 1 amide bonds. The minimum Gasteiger partial charge on any atom is -0.378 e. The average molecular weight is 434 g/mol. The second-order valence-corrected chi connectivity index (χ2v) is 8.67. The van der Waals surface area contributed by atoms with Crippen molar-refractivity contribution in [3.63, 3.8) is 0 Å². The van der Waals surface area contributed by atoms with E-state index < -0.39 is 0 Å². The monoisotopic (exact) mass is 433 g/mol. The van der Waals surface area contributed by atoms with Crippen molar-refractivity contribution in [2.45, 2.75) is 26.7 Å². The topological polar surface area (TPSA) is 70.6 Å². The Labute approximate surface area is 189 Å². The van der Waals surface area contributed by atoms with Crippen molar-refractivity contribution in [3.05, 3.63) is 71.1 Å². The fourth-order valence-electron chi connectivity index (χ4n) is 3.99. The number of hydrogen-bond acceptors (Lipinski definition) is 6. The van der Waals surface area contributed by atoms with Crippen LogP contribution >= 0.6 is 0 Å². The summed E-state index contributed by atoms with van der Waals surface area (Å²) in [5, 5.41) is 3.00. The molecule has 0 saturated carbocycles. The van der Waals surface area contributed by atoms with Crippen LogP contribution in [0.4, 0.5) is 5.69 Å². The summed E-state index contributed by atoms with van der Waals surface area (Å²) in [7, 11) is 2.08.